The third kappa shape index (κ3) is 2.95. The van der Waals surface area contributed by atoms with E-state index in [0.29, 0.717) is 0 Å². The van der Waals surface area contributed by atoms with Gasteiger partial charge in [-0.25, -0.2) is 0 Å². The summed E-state index contributed by atoms with van der Waals surface area (Å²) in [5, 5.41) is 1.37. The van der Waals surface area contributed by atoms with Gasteiger partial charge >= 0.3 is 11.9 Å². The first kappa shape index (κ1) is 13.9. The topological polar surface area (TPSA) is 65.1 Å². The predicted molar refractivity (Wildman–Crippen MR) is 58.9 cm³/mol. The Balaban J connectivity index is 2.82. The van der Waals surface area contributed by atoms with Crippen LogP contribution < -0.4 is 0 Å². The summed E-state index contributed by atoms with van der Waals surface area (Å²) in [6.07, 6.45) is -0.395. The average Bonchev–Trinajstić information content (AvgIpc) is 2.54. The Morgan fingerprint density at radius 1 is 1.18 bits per heavy atom. The number of hydrogen-bond acceptors (Lipinski definition) is 6. The van der Waals surface area contributed by atoms with Gasteiger partial charge < -0.3 is 9.47 Å². The number of carbonyl (C=O) groups is 2. The van der Waals surface area contributed by atoms with E-state index in [1.807, 2.05) is 0 Å². The number of ether oxygens (including phenoxy) is 2. The SMILES string of the molecule is CCOC(=O)C1C(C)ON(C)C1C(=O)OCC. The molecule has 0 N–H and O–H groups in total. The molecule has 0 bridgehead atoms. The highest BCUT2D eigenvalue weighted by Crippen LogP contribution is 2.28. The van der Waals surface area contributed by atoms with Crippen molar-refractivity contribution in [2.24, 2.45) is 5.92 Å². The van der Waals surface area contributed by atoms with Crippen LogP contribution in [0.4, 0.5) is 0 Å². The Morgan fingerprint density at radius 3 is 2.24 bits per heavy atom. The van der Waals surface area contributed by atoms with E-state index in [0.717, 1.165) is 0 Å². The van der Waals surface area contributed by atoms with Crippen molar-refractivity contribution < 1.29 is 23.9 Å². The molecule has 1 fully saturated rings. The number of hydroxylamine groups is 2. The minimum absolute atomic E-state index is 0.271. The van der Waals surface area contributed by atoms with Gasteiger partial charge in [-0.3, -0.25) is 14.4 Å². The van der Waals surface area contributed by atoms with Gasteiger partial charge in [-0.1, -0.05) is 0 Å². The molecule has 0 radical (unpaired) electrons. The zero-order valence-corrected chi connectivity index (χ0v) is 10.6. The Hall–Kier alpha value is -1.14. The van der Waals surface area contributed by atoms with E-state index in [-0.39, 0.29) is 13.2 Å². The maximum Gasteiger partial charge on any atom is 0.326 e. The molecule has 17 heavy (non-hydrogen) atoms. The van der Waals surface area contributed by atoms with E-state index < -0.39 is 30.0 Å². The van der Waals surface area contributed by atoms with Crippen molar-refractivity contribution in [1.82, 2.24) is 5.06 Å². The van der Waals surface area contributed by atoms with Crippen molar-refractivity contribution in [2.45, 2.75) is 32.9 Å². The van der Waals surface area contributed by atoms with Crippen molar-refractivity contribution in [2.75, 3.05) is 20.3 Å². The molecule has 1 aliphatic rings. The second-order valence-electron chi connectivity index (χ2n) is 3.83. The van der Waals surface area contributed by atoms with E-state index in [9.17, 15) is 9.59 Å². The van der Waals surface area contributed by atoms with Crippen molar-refractivity contribution in [3.8, 4) is 0 Å². The van der Waals surface area contributed by atoms with E-state index in [2.05, 4.69) is 0 Å². The lowest BCUT2D eigenvalue weighted by molar-refractivity contribution is -0.170. The average molecular weight is 245 g/mol. The van der Waals surface area contributed by atoms with Gasteiger partial charge in [0.05, 0.1) is 19.3 Å². The third-order valence-corrected chi connectivity index (χ3v) is 2.66. The van der Waals surface area contributed by atoms with Crippen LogP contribution in [0, 0.1) is 5.92 Å². The lowest BCUT2D eigenvalue weighted by Gasteiger charge is -2.19. The Bertz CT molecular complexity index is 266. The summed E-state index contributed by atoms with van der Waals surface area (Å²) in [7, 11) is 1.61. The van der Waals surface area contributed by atoms with Crippen molar-refractivity contribution >= 4 is 11.9 Å². The van der Waals surface area contributed by atoms with E-state index >= 15 is 0 Å². The molecule has 1 heterocycles. The predicted octanol–water partition coefficient (Wildman–Crippen LogP) is 0.363. The van der Waals surface area contributed by atoms with Gasteiger partial charge in [0, 0.05) is 7.05 Å². The van der Waals surface area contributed by atoms with Crippen LogP contribution in [0.3, 0.4) is 0 Å². The zero-order chi connectivity index (χ0) is 13.0. The fourth-order valence-corrected chi connectivity index (χ4v) is 1.96. The Labute approximate surface area is 101 Å². The first-order chi connectivity index (χ1) is 8.02. The van der Waals surface area contributed by atoms with Crippen LogP contribution in [0.2, 0.25) is 0 Å². The van der Waals surface area contributed by atoms with Crippen molar-refractivity contribution in [3.63, 3.8) is 0 Å². The molecule has 0 amide bonds. The molecule has 1 rings (SSSR count). The molecular formula is C11H19NO5. The molecule has 0 aromatic heterocycles. The molecule has 6 heteroatoms. The fourth-order valence-electron chi connectivity index (χ4n) is 1.96. The van der Waals surface area contributed by atoms with E-state index in [1.165, 1.54) is 5.06 Å². The van der Waals surface area contributed by atoms with Gasteiger partial charge in [0.1, 0.15) is 12.0 Å². The second kappa shape index (κ2) is 5.97. The lowest BCUT2D eigenvalue weighted by atomic mass is 9.96. The molecule has 6 nitrogen and oxygen atoms in total. The first-order valence-electron chi connectivity index (χ1n) is 5.75. The number of carbonyl (C=O) groups excluding carboxylic acids is 2. The normalized spacial score (nSPS) is 29.1. The molecule has 3 atom stereocenters. The molecule has 0 aliphatic carbocycles. The highest BCUT2D eigenvalue weighted by atomic mass is 16.7. The maximum absolute atomic E-state index is 11.8. The Kier molecular flexibility index (Phi) is 4.89. The highest BCUT2D eigenvalue weighted by molar-refractivity contribution is 5.85. The molecule has 0 aromatic carbocycles. The van der Waals surface area contributed by atoms with Crippen LogP contribution in [0.15, 0.2) is 0 Å². The van der Waals surface area contributed by atoms with Crippen LogP contribution in [0.25, 0.3) is 0 Å². The van der Waals surface area contributed by atoms with Gasteiger partial charge in [0.25, 0.3) is 0 Å². The quantitative estimate of drug-likeness (QED) is 0.666. The number of esters is 2. The summed E-state index contributed by atoms with van der Waals surface area (Å²) in [5.41, 5.74) is 0. The summed E-state index contributed by atoms with van der Waals surface area (Å²) in [6, 6.07) is -0.732. The first-order valence-corrected chi connectivity index (χ1v) is 5.75. The molecule has 1 saturated heterocycles. The number of rotatable bonds is 4. The Morgan fingerprint density at radius 2 is 1.71 bits per heavy atom. The zero-order valence-electron chi connectivity index (χ0n) is 10.6. The molecule has 0 saturated carbocycles. The van der Waals surface area contributed by atoms with E-state index in [4.69, 9.17) is 14.3 Å². The molecule has 0 spiro atoms. The minimum Gasteiger partial charge on any atom is -0.466 e. The number of nitrogens with zero attached hydrogens (tertiary/aromatic N) is 1. The summed E-state index contributed by atoms with van der Waals surface area (Å²) >= 11 is 0. The summed E-state index contributed by atoms with van der Waals surface area (Å²) < 4.78 is 9.88. The van der Waals surface area contributed by atoms with Gasteiger partial charge in [-0.2, -0.15) is 5.06 Å². The number of likely N-dealkylation sites (N-methyl/N-ethyl adjacent to an activating group) is 1. The van der Waals surface area contributed by atoms with Gasteiger partial charge in [0.2, 0.25) is 0 Å². The standard InChI is InChI=1S/C11H19NO5/c1-5-15-10(13)8-7(3)17-12(4)9(8)11(14)16-6-2/h7-9H,5-6H2,1-4H3. The monoisotopic (exact) mass is 245 g/mol. The van der Waals surface area contributed by atoms with Crippen LogP contribution in [-0.4, -0.2) is 49.4 Å². The van der Waals surface area contributed by atoms with Crippen LogP contribution in [0.1, 0.15) is 20.8 Å². The maximum atomic E-state index is 11.8. The van der Waals surface area contributed by atoms with Crippen molar-refractivity contribution in [3.05, 3.63) is 0 Å². The van der Waals surface area contributed by atoms with Crippen molar-refractivity contribution in [1.29, 1.82) is 0 Å². The van der Waals surface area contributed by atoms with Crippen LogP contribution in [0.5, 0.6) is 0 Å². The molecule has 0 aromatic rings. The van der Waals surface area contributed by atoms with Gasteiger partial charge in [0.15, 0.2) is 0 Å². The molecular weight excluding hydrogens is 226 g/mol. The smallest absolute Gasteiger partial charge is 0.326 e. The molecule has 3 unspecified atom stereocenters. The van der Waals surface area contributed by atoms with Crippen LogP contribution in [-0.2, 0) is 23.9 Å². The third-order valence-electron chi connectivity index (χ3n) is 2.66. The van der Waals surface area contributed by atoms with Crippen LogP contribution >= 0.6 is 0 Å². The fraction of sp³-hybridized carbons (Fsp3) is 0.818. The summed E-state index contributed by atoms with van der Waals surface area (Å²) in [6.45, 7) is 5.73. The van der Waals surface area contributed by atoms with Gasteiger partial charge in [-0.15, -0.1) is 0 Å². The highest BCUT2D eigenvalue weighted by Gasteiger charge is 2.49. The molecule has 1 aliphatic heterocycles. The van der Waals surface area contributed by atoms with E-state index in [1.54, 1.807) is 27.8 Å². The lowest BCUT2D eigenvalue weighted by Crippen LogP contribution is -2.42. The summed E-state index contributed by atoms with van der Waals surface area (Å²) in [4.78, 5) is 28.9. The molecule has 98 valence electrons. The summed E-state index contributed by atoms with van der Waals surface area (Å²) in [5.74, 6) is -1.53. The number of hydrogen-bond donors (Lipinski definition) is 0. The largest absolute Gasteiger partial charge is 0.466 e. The van der Waals surface area contributed by atoms with Gasteiger partial charge in [-0.05, 0) is 20.8 Å². The minimum atomic E-state index is -0.732. The second-order valence-corrected chi connectivity index (χ2v) is 3.83.